The second-order valence-corrected chi connectivity index (χ2v) is 9.07. The summed E-state index contributed by atoms with van der Waals surface area (Å²) in [5, 5.41) is 0.678. The number of aromatic nitrogens is 2. The second kappa shape index (κ2) is 9.47. The third-order valence-corrected chi connectivity index (χ3v) is 6.68. The number of carbonyl (C=O) groups excluding carboxylic acids is 1. The van der Waals surface area contributed by atoms with Gasteiger partial charge in [0.2, 0.25) is 5.91 Å². The first-order valence-corrected chi connectivity index (χ1v) is 11.9. The van der Waals surface area contributed by atoms with E-state index in [1.54, 1.807) is 12.1 Å². The van der Waals surface area contributed by atoms with E-state index in [0.29, 0.717) is 43.3 Å². The molecule has 1 aliphatic rings. The molecule has 34 heavy (non-hydrogen) atoms. The van der Waals surface area contributed by atoms with E-state index in [1.807, 2.05) is 75.9 Å². The number of rotatable bonds is 5. The van der Waals surface area contributed by atoms with Crippen molar-refractivity contribution in [2.75, 3.05) is 31.1 Å². The van der Waals surface area contributed by atoms with Crippen molar-refractivity contribution in [3.8, 4) is 0 Å². The second-order valence-electron chi connectivity index (χ2n) is 8.63. The fraction of sp³-hybridized carbons (Fsp3) is 0.259. The largest absolute Gasteiger partial charge is 0.366 e. The molecule has 0 unspecified atom stereocenters. The zero-order chi connectivity index (χ0) is 23.7. The van der Waals surface area contributed by atoms with Crippen molar-refractivity contribution in [2.45, 2.75) is 19.4 Å². The quantitative estimate of drug-likeness (QED) is 0.391. The number of benzene rings is 3. The van der Waals surface area contributed by atoms with Crippen molar-refractivity contribution in [2.24, 2.45) is 0 Å². The highest BCUT2D eigenvalue weighted by Gasteiger charge is 2.29. The molecule has 0 radical (unpaired) electrons. The summed E-state index contributed by atoms with van der Waals surface area (Å²) in [5.41, 5.74) is 3.43. The molecule has 0 N–H and O–H groups in total. The predicted molar refractivity (Wildman–Crippen MR) is 134 cm³/mol. The van der Waals surface area contributed by atoms with Crippen LogP contribution in [0.15, 0.2) is 72.8 Å². The van der Waals surface area contributed by atoms with Gasteiger partial charge >= 0.3 is 0 Å². The van der Waals surface area contributed by atoms with E-state index in [4.69, 9.17) is 16.6 Å². The number of hydrogen-bond acceptors (Lipinski definition) is 3. The smallest absolute Gasteiger partial charge is 0.245 e. The Morgan fingerprint density at radius 2 is 1.74 bits per heavy atom. The van der Waals surface area contributed by atoms with Gasteiger partial charge in [0.15, 0.2) is 0 Å². The molecule has 174 valence electrons. The number of halogens is 2. The van der Waals surface area contributed by atoms with E-state index in [2.05, 4.69) is 0 Å². The zero-order valence-corrected chi connectivity index (χ0v) is 19.8. The molecule has 0 aliphatic carbocycles. The maximum Gasteiger partial charge on any atom is 0.245 e. The lowest BCUT2D eigenvalue weighted by Gasteiger charge is -2.37. The molecular weight excluding hydrogens is 451 g/mol. The first-order chi connectivity index (χ1) is 16.5. The van der Waals surface area contributed by atoms with Crippen LogP contribution < -0.4 is 4.90 Å². The van der Waals surface area contributed by atoms with E-state index >= 15 is 0 Å². The number of para-hydroxylation sites is 3. The van der Waals surface area contributed by atoms with Gasteiger partial charge in [-0.25, -0.2) is 9.37 Å². The lowest BCUT2D eigenvalue weighted by atomic mass is 10.1. The van der Waals surface area contributed by atoms with Gasteiger partial charge in [0.05, 0.1) is 16.7 Å². The minimum Gasteiger partial charge on any atom is -0.366 e. The molecular formula is C27H26ClFN4O. The molecule has 2 heterocycles. The molecule has 1 aliphatic heterocycles. The van der Waals surface area contributed by atoms with Crippen molar-refractivity contribution >= 4 is 34.2 Å². The Morgan fingerprint density at radius 1 is 1.00 bits per heavy atom. The molecule has 7 heteroatoms. The normalized spacial score (nSPS) is 15.0. The average Bonchev–Trinajstić information content (AvgIpc) is 3.21. The van der Waals surface area contributed by atoms with Gasteiger partial charge in [-0.3, -0.25) is 4.79 Å². The Kier molecular flexibility index (Phi) is 6.24. The highest BCUT2D eigenvalue weighted by atomic mass is 35.5. The monoisotopic (exact) mass is 476 g/mol. The van der Waals surface area contributed by atoms with Gasteiger partial charge in [0.1, 0.15) is 17.7 Å². The van der Waals surface area contributed by atoms with Crippen LogP contribution >= 0.6 is 11.6 Å². The van der Waals surface area contributed by atoms with Crippen LogP contribution in [0, 0.1) is 5.82 Å². The Balaban J connectivity index is 1.38. The van der Waals surface area contributed by atoms with Gasteiger partial charge in [0, 0.05) is 37.6 Å². The van der Waals surface area contributed by atoms with E-state index in [-0.39, 0.29) is 11.7 Å². The van der Waals surface area contributed by atoms with Gasteiger partial charge in [-0.1, -0.05) is 48.0 Å². The van der Waals surface area contributed by atoms with E-state index < -0.39 is 6.04 Å². The number of amides is 1. The molecule has 0 bridgehead atoms. The fourth-order valence-electron chi connectivity index (χ4n) is 4.73. The van der Waals surface area contributed by atoms with Gasteiger partial charge in [0.25, 0.3) is 0 Å². The molecule has 1 amide bonds. The minimum atomic E-state index is -0.415. The third-order valence-electron chi connectivity index (χ3n) is 6.45. The maximum absolute atomic E-state index is 14.2. The first kappa shape index (κ1) is 22.4. The Bertz CT molecular complexity index is 1330. The Morgan fingerprint density at radius 3 is 2.50 bits per heavy atom. The number of fused-ring (bicyclic) bond motifs is 1. The average molecular weight is 477 g/mol. The van der Waals surface area contributed by atoms with Crippen LogP contribution in [0.5, 0.6) is 0 Å². The van der Waals surface area contributed by atoms with E-state index in [9.17, 15) is 9.18 Å². The van der Waals surface area contributed by atoms with Crippen molar-refractivity contribution in [1.82, 2.24) is 14.5 Å². The number of nitrogens with zero attached hydrogens (tertiary/aromatic N) is 4. The summed E-state index contributed by atoms with van der Waals surface area (Å²) in [5.74, 6) is 0.643. The summed E-state index contributed by atoms with van der Waals surface area (Å²) in [6, 6.07) is 22.0. The minimum absolute atomic E-state index is 0.0451. The number of hydrogen-bond donors (Lipinski definition) is 0. The maximum atomic E-state index is 14.2. The van der Waals surface area contributed by atoms with E-state index in [1.165, 1.54) is 6.07 Å². The molecule has 1 saturated heterocycles. The lowest BCUT2D eigenvalue weighted by Crippen LogP contribution is -2.50. The number of piperazine rings is 1. The summed E-state index contributed by atoms with van der Waals surface area (Å²) in [4.78, 5) is 22.3. The van der Waals surface area contributed by atoms with Crippen molar-refractivity contribution in [3.05, 3.63) is 95.0 Å². The Labute approximate surface area is 203 Å². The third kappa shape index (κ3) is 4.38. The fourth-order valence-corrected chi connectivity index (χ4v) is 4.94. The van der Waals surface area contributed by atoms with Crippen molar-refractivity contribution < 1.29 is 9.18 Å². The van der Waals surface area contributed by atoms with Crippen LogP contribution in [0.2, 0.25) is 5.02 Å². The molecule has 3 aromatic carbocycles. The Hall–Kier alpha value is -3.38. The van der Waals surface area contributed by atoms with Crippen LogP contribution in [-0.2, 0) is 11.2 Å². The first-order valence-electron chi connectivity index (χ1n) is 11.5. The lowest BCUT2D eigenvalue weighted by molar-refractivity contribution is -0.134. The predicted octanol–water partition coefficient (Wildman–Crippen LogP) is 5.33. The summed E-state index contributed by atoms with van der Waals surface area (Å²) >= 11 is 6.19. The standard InChI is InChI=1S/C27H26ClFN4O/c1-19(27(34)32-15-13-31(14-16-32)24-11-4-2-9-22(24)29)33-25-12-5-3-10-23(25)30-26(33)18-20-7-6-8-21(28)17-20/h2-12,17,19H,13-16,18H2,1H3/t19-/m0/s1. The summed E-state index contributed by atoms with van der Waals surface area (Å²) in [7, 11) is 0. The molecule has 5 rings (SSSR count). The SMILES string of the molecule is C[C@@H](C(=O)N1CCN(c2ccccc2F)CC1)n1c(Cc2cccc(Cl)c2)nc2ccccc21. The van der Waals surface area contributed by atoms with E-state index in [0.717, 1.165) is 22.4 Å². The van der Waals surface area contributed by atoms with Gasteiger partial charge < -0.3 is 14.4 Å². The van der Waals surface area contributed by atoms with Gasteiger partial charge in [-0.05, 0) is 48.9 Å². The molecule has 1 fully saturated rings. The highest BCUT2D eigenvalue weighted by Crippen LogP contribution is 2.26. The number of imidazole rings is 1. The summed E-state index contributed by atoms with van der Waals surface area (Å²) < 4.78 is 16.2. The molecule has 1 aromatic heterocycles. The molecule has 4 aromatic rings. The summed E-state index contributed by atoms with van der Waals surface area (Å²) in [6.45, 7) is 4.22. The van der Waals surface area contributed by atoms with Gasteiger partial charge in [-0.15, -0.1) is 0 Å². The van der Waals surface area contributed by atoms with Crippen LogP contribution in [0.3, 0.4) is 0 Å². The molecule has 5 nitrogen and oxygen atoms in total. The van der Waals surface area contributed by atoms with Crippen molar-refractivity contribution in [1.29, 1.82) is 0 Å². The highest BCUT2D eigenvalue weighted by molar-refractivity contribution is 6.30. The molecule has 0 saturated carbocycles. The molecule has 0 spiro atoms. The van der Waals surface area contributed by atoms with Crippen LogP contribution in [0.4, 0.5) is 10.1 Å². The van der Waals surface area contributed by atoms with Gasteiger partial charge in [-0.2, -0.15) is 0 Å². The number of anilines is 1. The van der Waals surface area contributed by atoms with Crippen LogP contribution in [0.25, 0.3) is 11.0 Å². The number of carbonyl (C=O) groups is 1. The van der Waals surface area contributed by atoms with Crippen molar-refractivity contribution in [3.63, 3.8) is 0 Å². The summed E-state index contributed by atoms with van der Waals surface area (Å²) in [6.07, 6.45) is 0.577. The van der Waals surface area contributed by atoms with Crippen LogP contribution in [0.1, 0.15) is 24.4 Å². The zero-order valence-electron chi connectivity index (χ0n) is 19.0. The molecule has 1 atom stereocenters. The van der Waals surface area contributed by atoms with Crippen LogP contribution in [-0.4, -0.2) is 46.5 Å². The topological polar surface area (TPSA) is 41.4 Å².